The van der Waals surface area contributed by atoms with Gasteiger partial charge < -0.3 is 92.5 Å². The molecule has 2 fully saturated rings. The van der Waals surface area contributed by atoms with Crippen molar-refractivity contribution in [2.75, 3.05) is 39.3 Å². The third kappa shape index (κ3) is 27.1. The Kier molecular flexibility index (Phi) is 33.4. The average molecular weight is 1320 g/mol. The number of carbonyl (C=O) groups is 12. The summed E-state index contributed by atoms with van der Waals surface area (Å²) >= 11 is 0. The van der Waals surface area contributed by atoms with E-state index in [1.54, 1.807) is 60.7 Å². The van der Waals surface area contributed by atoms with Gasteiger partial charge in [-0.2, -0.15) is 0 Å². The van der Waals surface area contributed by atoms with E-state index >= 15 is 0 Å². The molecule has 0 unspecified atom stereocenters. The van der Waals surface area contributed by atoms with E-state index in [4.69, 9.17) is 40.1 Å². The van der Waals surface area contributed by atoms with E-state index < -0.39 is 151 Å². The summed E-state index contributed by atoms with van der Waals surface area (Å²) in [5.41, 5.74) is 40.9. The van der Waals surface area contributed by atoms with Crippen molar-refractivity contribution in [3.05, 3.63) is 71.8 Å². The monoisotopic (exact) mass is 1310 g/mol. The van der Waals surface area contributed by atoms with Crippen LogP contribution in [0, 0.1) is 11.8 Å². The highest BCUT2D eigenvalue weighted by Gasteiger charge is 2.42. The van der Waals surface area contributed by atoms with Crippen molar-refractivity contribution < 1.29 is 57.5 Å². The van der Waals surface area contributed by atoms with E-state index in [9.17, 15) is 57.5 Å². The van der Waals surface area contributed by atoms with E-state index in [0.29, 0.717) is 69.0 Å². The zero-order valence-electron chi connectivity index (χ0n) is 54.7. The van der Waals surface area contributed by atoms with Gasteiger partial charge >= 0.3 is 0 Å². The maximum Gasteiger partial charge on any atom is 0.245 e. The van der Waals surface area contributed by atoms with Crippen LogP contribution in [0.2, 0.25) is 0 Å². The first-order chi connectivity index (χ1) is 44.7. The summed E-state index contributed by atoms with van der Waals surface area (Å²) < 4.78 is 0. The Morgan fingerprint density at radius 2 is 0.947 bits per heavy atom. The van der Waals surface area contributed by atoms with Crippen molar-refractivity contribution in [1.29, 1.82) is 0 Å². The molecule has 12 amide bonds. The molecule has 520 valence electrons. The minimum atomic E-state index is -1.60. The van der Waals surface area contributed by atoms with E-state index in [0.717, 1.165) is 0 Å². The molecule has 10 atom stereocenters. The van der Waals surface area contributed by atoms with Gasteiger partial charge in [-0.3, -0.25) is 62.5 Å². The molecular weight excluding hydrogens is 1210 g/mol. The number of hydrogen-bond acceptors (Lipinski definition) is 16. The molecule has 22 N–H and O–H groups in total. The quantitative estimate of drug-likeness (QED) is 0.0180. The molecule has 30 nitrogen and oxygen atoms in total. The Hall–Kier alpha value is -8.77. The number of nitrogens with one attached hydrogen (secondary N) is 8. The Morgan fingerprint density at radius 3 is 1.44 bits per heavy atom. The molecule has 0 saturated carbocycles. The average Bonchev–Trinajstić information content (AvgIpc) is 1.61. The highest BCUT2D eigenvalue weighted by molar-refractivity contribution is 5.99. The van der Waals surface area contributed by atoms with Gasteiger partial charge in [-0.25, -0.2) is 0 Å². The standard InChI is InChI=1S/C64H102N18O12/c1-38(2)34-46(54(69)85)78-58(89)47(35-39(3)4)72-30-31-73-55(86)48(36-40-16-7-5-8-17-40)79-59(90)49(37-41-18-9-6-10-19-41)80-57(88)43(24-26-52(67)83)75-56(87)44(25-27-53(68)84)76-60(91)51-23-15-33-82(51)63(94)45(21-11-12-28-65)77-61(92)50-22-14-32-81(50)62(93)42(66)20-13-29-74-64(70)71/h5-10,16-19,38-39,42-51,72H,11-15,20-37,65-66H2,1-4H3,(H2,67,83)(H2,68,84)(H2,69,85)(H,73,86)(H,75,87)(H,76,91)(H,77,92)(H,78,89)(H,79,90)(H,80,88)(H4,70,71,74)/t42-,43-,44-,45-,46-,47-,48-,49-,50-,51-/m0/s1. The van der Waals surface area contributed by atoms with E-state index in [1.807, 2.05) is 27.7 Å². The van der Waals surface area contributed by atoms with Gasteiger partial charge in [0, 0.05) is 58.4 Å². The molecule has 0 aromatic heterocycles. The zero-order chi connectivity index (χ0) is 69.4. The molecular formula is C64H102N18O12. The van der Waals surface area contributed by atoms with Gasteiger partial charge in [0.2, 0.25) is 70.9 Å². The van der Waals surface area contributed by atoms with Crippen LogP contribution in [0.15, 0.2) is 65.7 Å². The third-order valence-electron chi connectivity index (χ3n) is 16.2. The fourth-order valence-electron chi connectivity index (χ4n) is 11.3. The second-order valence-electron chi connectivity index (χ2n) is 24.9. The van der Waals surface area contributed by atoms with Crippen LogP contribution in [0.1, 0.15) is 135 Å². The van der Waals surface area contributed by atoms with Gasteiger partial charge in [-0.05, 0) is 113 Å². The van der Waals surface area contributed by atoms with Gasteiger partial charge in [0.25, 0.3) is 0 Å². The number of carbonyl (C=O) groups excluding carboxylic acids is 12. The van der Waals surface area contributed by atoms with Crippen LogP contribution in [0.3, 0.4) is 0 Å². The van der Waals surface area contributed by atoms with Crippen LogP contribution >= 0.6 is 0 Å². The molecule has 2 saturated heterocycles. The number of guanidine groups is 1. The maximum absolute atomic E-state index is 14.7. The van der Waals surface area contributed by atoms with Gasteiger partial charge in [-0.1, -0.05) is 88.4 Å². The summed E-state index contributed by atoms with van der Waals surface area (Å²) in [6.45, 7) is 8.69. The molecule has 0 radical (unpaired) electrons. The van der Waals surface area contributed by atoms with E-state index in [1.165, 1.54) is 9.80 Å². The van der Waals surface area contributed by atoms with Crippen LogP contribution in [0.25, 0.3) is 0 Å². The van der Waals surface area contributed by atoms with Crippen molar-refractivity contribution in [2.24, 2.45) is 57.0 Å². The SMILES string of the molecule is CC(C)C[C@H](NC(=O)[C@H](CC(C)C)NCCNC(=O)[C@H](Cc1ccccc1)NC(=O)[C@H](Cc1ccccc1)NC(=O)[C@H](CCC(N)=O)NC(=O)[C@H](CCC(N)=O)NC(=O)[C@@H]1CCCN1C(=O)[C@H](CCCCN)NC(=O)[C@@H]1CCCN1C(=O)[C@@H](N)CCCN=C(N)N)C(N)=O. The number of unbranched alkanes of at least 4 members (excludes halogenated alkanes) is 1. The number of likely N-dealkylation sites (tertiary alicyclic amines) is 2. The highest BCUT2D eigenvalue weighted by atomic mass is 16.2. The predicted octanol–water partition coefficient (Wildman–Crippen LogP) is -2.94. The number of nitrogens with zero attached hydrogens (tertiary/aromatic N) is 3. The molecule has 2 aliphatic rings. The van der Waals surface area contributed by atoms with Gasteiger partial charge in [0.15, 0.2) is 5.96 Å². The second kappa shape index (κ2) is 40.4. The van der Waals surface area contributed by atoms with Gasteiger partial charge in [0.05, 0.1) is 12.1 Å². The molecule has 2 aromatic rings. The Bertz CT molecular complexity index is 2880. The molecule has 2 aliphatic heterocycles. The van der Waals surface area contributed by atoms with Crippen LogP contribution in [0.4, 0.5) is 0 Å². The number of aliphatic imine (C=N–C) groups is 1. The summed E-state index contributed by atoms with van der Waals surface area (Å²) in [6.07, 6.45) is 1.98. The molecule has 0 spiro atoms. The van der Waals surface area contributed by atoms with Gasteiger partial charge in [0.1, 0.15) is 48.3 Å². The van der Waals surface area contributed by atoms with Crippen LogP contribution in [-0.4, -0.2) is 186 Å². The third-order valence-corrected chi connectivity index (χ3v) is 16.2. The first-order valence-electron chi connectivity index (χ1n) is 32.6. The second-order valence-corrected chi connectivity index (χ2v) is 24.9. The number of benzene rings is 2. The minimum absolute atomic E-state index is 0.000262. The van der Waals surface area contributed by atoms with Crippen LogP contribution < -0.4 is 82.7 Å². The van der Waals surface area contributed by atoms with Crippen molar-refractivity contribution in [1.82, 2.24) is 52.3 Å². The Balaban J connectivity index is 1.55. The molecule has 0 bridgehead atoms. The normalized spacial score (nSPS) is 17.0. The van der Waals surface area contributed by atoms with Crippen LogP contribution in [0.5, 0.6) is 0 Å². The lowest BCUT2D eigenvalue weighted by atomic mass is 10.0. The molecule has 4 rings (SSSR count). The summed E-state index contributed by atoms with van der Waals surface area (Å²) in [5, 5.41) is 22.3. The van der Waals surface area contributed by atoms with Gasteiger partial charge in [-0.15, -0.1) is 0 Å². The van der Waals surface area contributed by atoms with Crippen LogP contribution in [-0.2, 0) is 70.4 Å². The number of nitrogens with two attached hydrogens (primary N) is 7. The summed E-state index contributed by atoms with van der Waals surface area (Å²) in [5.74, 6) is -8.53. The fraction of sp³-hybridized carbons (Fsp3) is 0.609. The molecule has 30 heteroatoms. The lowest BCUT2D eigenvalue weighted by Gasteiger charge is -2.32. The Morgan fingerprint density at radius 1 is 0.500 bits per heavy atom. The Labute approximate surface area is 550 Å². The summed E-state index contributed by atoms with van der Waals surface area (Å²) in [4.78, 5) is 171. The first kappa shape index (κ1) is 77.7. The predicted molar refractivity (Wildman–Crippen MR) is 352 cm³/mol. The van der Waals surface area contributed by atoms with Crippen molar-refractivity contribution in [2.45, 2.75) is 197 Å². The topological polar surface area (TPSA) is 502 Å². The summed E-state index contributed by atoms with van der Waals surface area (Å²) in [6, 6.07) is 5.78. The van der Waals surface area contributed by atoms with Crippen molar-refractivity contribution >= 4 is 76.8 Å². The first-order valence-corrected chi connectivity index (χ1v) is 32.6. The minimum Gasteiger partial charge on any atom is -0.370 e. The largest absolute Gasteiger partial charge is 0.370 e. The van der Waals surface area contributed by atoms with E-state index in [-0.39, 0.29) is 89.0 Å². The smallest absolute Gasteiger partial charge is 0.245 e. The molecule has 2 heterocycles. The fourth-order valence-corrected chi connectivity index (χ4v) is 11.3. The zero-order valence-corrected chi connectivity index (χ0v) is 54.7. The van der Waals surface area contributed by atoms with Crippen molar-refractivity contribution in [3.8, 4) is 0 Å². The van der Waals surface area contributed by atoms with E-state index in [2.05, 4.69) is 47.5 Å². The molecule has 94 heavy (non-hydrogen) atoms. The lowest BCUT2D eigenvalue weighted by molar-refractivity contribution is -0.144. The molecule has 2 aromatic carbocycles. The number of primary amides is 3. The maximum atomic E-state index is 14.7. The number of rotatable bonds is 42. The number of hydrogen-bond donors (Lipinski definition) is 15. The summed E-state index contributed by atoms with van der Waals surface area (Å²) in [7, 11) is 0. The lowest BCUT2D eigenvalue weighted by Crippen LogP contribution is -2.60. The molecule has 0 aliphatic carbocycles. The number of amides is 12. The highest BCUT2D eigenvalue weighted by Crippen LogP contribution is 2.24. The van der Waals surface area contributed by atoms with Crippen molar-refractivity contribution in [3.63, 3.8) is 0 Å².